The molecule has 3 aliphatic heterocycles. The van der Waals surface area contributed by atoms with E-state index >= 15 is 0 Å². The van der Waals surface area contributed by atoms with Gasteiger partial charge in [-0.05, 0) is 29.0 Å². The first-order valence-electron chi connectivity index (χ1n) is 7.43. The number of aromatic nitrogens is 3. The van der Waals surface area contributed by atoms with Crippen molar-refractivity contribution in [3.63, 3.8) is 0 Å². The molecule has 3 atom stereocenters. The number of ether oxygens (including phenoxy) is 1. The Labute approximate surface area is 149 Å². The monoisotopic (exact) mass is 447 g/mol. The second-order valence-corrected chi connectivity index (χ2v) is 7.45. The van der Waals surface area contributed by atoms with E-state index in [2.05, 4.69) is 47.8 Å². The zero-order valence-electron chi connectivity index (χ0n) is 13.0. The highest BCUT2D eigenvalue weighted by molar-refractivity contribution is 14.2. The molecule has 2 aromatic rings. The third-order valence-corrected chi connectivity index (χ3v) is 5.81. The van der Waals surface area contributed by atoms with E-state index in [1.807, 2.05) is 13.2 Å². The smallest absolute Gasteiger partial charge is 0.160 e. The van der Waals surface area contributed by atoms with Gasteiger partial charge in [-0.15, -0.1) is 5.10 Å². The average Bonchev–Trinajstić information content (AvgIpc) is 2.93. The highest BCUT2D eigenvalue weighted by atomic mass is 127. The maximum absolute atomic E-state index is 8.81. The summed E-state index contributed by atoms with van der Waals surface area (Å²) in [6, 6.07) is 2.07. The van der Waals surface area contributed by atoms with Gasteiger partial charge in [-0.1, -0.05) is 0 Å². The molecule has 5 rings (SSSR count). The van der Waals surface area contributed by atoms with Crippen molar-refractivity contribution >= 4 is 57.2 Å². The molecule has 7 nitrogen and oxygen atoms in total. The Kier molecular flexibility index (Phi) is 5.33. The van der Waals surface area contributed by atoms with Gasteiger partial charge in [-0.25, -0.2) is 9.44 Å². The Hall–Kier alpha value is -0.990. The van der Waals surface area contributed by atoms with Crippen LogP contribution in [0.3, 0.4) is 0 Å². The molecule has 2 bridgehead atoms. The van der Waals surface area contributed by atoms with E-state index in [-0.39, 0.29) is 0 Å². The van der Waals surface area contributed by atoms with E-state index in [4.69, 9.17) is 14.6 Å². The van der Waals surface area contributed by atoms with E-state index < -0.39 is 0 Å². The Morgan fingerprint density at radius 1 is 1.48 bits per heavy atom. The highest BCUT2D eigenvalue weighted by Crippen LogP contribution is 2.37. The summed E-state index contributed by atoms with van der Waals surface area (Å²) in [5.41, 5.74) is 1.15. The molecule has 2 aromatic heterocycles. The summed E-state index contributed by atoms with van der Waals surface area (Å²) in [6.07, 6.45) is 5.24. The lowest BCUT2D eigenvalue weighted by Crippen LogP contribution is -2.57. The fourth-order valence-electron chi connectivity index (χ4n) is 2.96. The van der Waals surface area contributed by atoms with E-state index in [0.717, 1.165) is 41.9 Å². The van der Waals surface area contributed by atoms with Crippen LogP contribution >= 0.6 is 28.4 Å². The van der Waals surface area contributed by atoms with Gasteiger partial charge in [0.25, 0.3) is 0 Å². The molecule has 0 aliphatic carbocycles. The van der Waals surface area contributed by atoms with Crippen LogP contribution in [-0.4, -0.2) is 53.2 Å². The summed E-state index contributed by atoms with van der Waals surface area (Å²) in [5.74, 6) is 1.93. The van der Waals surface area contributed by atoms with Gasteiger partial charge in [0.2, 0.25) is 0 Å². The van der Waals surface area contributed by atoms with Crippen molar-refractivity contribution in [1.82, 2.24) is 14.5 Å². The van der Waals surface area contributed by atoms with Gasteiger partial charge in [0.1, 0.15) is 12.1 Å². The molecule has 9 heteroatoms. The van der Waals surface area contributed by atoms with Crippen LogP contribution in [0, 0.1) is 0 Å². The number of pyridine rings is 1. The molecule has 23 heavy (non-hydrogen) atoms. The zero-order valence-corrected chi connectivity index (χ0v) is 16.1. The minimum absolute atomic E-state index is 0.389. The SMILES string of the molecule is CC=O.CNc1cc2c(cn1)c(N1CC3CC(C1)O3)nn2PI. The molecule has 1 N–H and O–H groups in total. The zero-order chi connectivity index (χ0) is 16.4. The number of halogens is 1. The van der Waals surface area contributed by atoms with E-state index in [1.54, 1.807) is 0 Å². The number of hydrogen-bond donors (Lipinski definition) is 1. The van der Waals surface area contributed by atoms with Crippen LogP contribution in [0.15, 0.2) is 12.3 Å². The lowest BCUT2D eigenvalue weighted by molar-refractivity contribution is -0.133. The van der Waals surface area contributed by atoms with E-state index in [9.17, 15) is 0 Å². The molecule has 0 radical (unpaired) electrons. The molecule has 3 aliphatic rings. The van der Waals surface area contributed by atoms with Crippen LogP contribution < -0.4 is 10.2 Å². The summed E-state index contributed by atoms with van der Waals surface area (Å²) < 4.78 is 7.77. The largest absolute Gasteiger partial charge is 0.373 e. The Morgan fingerprint density at radius 3 is 2.70 bits per heavy atom. The molecular weight excluding hydrogens is 428 g/mol. The molecule has 0 spiro atoms. The third kappa shape index (κ3) is 3.29. The van der Waals surface area contributed by atoms with Crippen LogP contribution in [0.4, 0.5) is 11.6 Å². The molecule has 0 saturated carbocycles. The predicted molar refractivity (Wildman–Crippen MR) is 102 cm³/mol. The van der Waals surface area contributed by atoms with Crippen LogP contribution in [0.25, 0.3) is 10.9 Å². The lowest BCUT2D eigenvalue weighted by atomic mass is 9.99. The normalized spacial score (nSPS) is 22.7. The number of rotatable bonds is 3. The maximum atomic E-state index is 8.81. The number of hydrogen-bond acceptors (Lipinski definition) is 6. The van der Waals surface area contributed by atoms with Crippen molar-refractivity contribution in [3.8, 4) is 0 Å². The van der Waals surface area contributed by atoms with Crippen LogP contribution in [0.2, 0.25) is 0 Å². The lowest BCUT2D eigenvalue weighted by Gasteiger charge is -2.47. The van der Waals surface area contributed by atoms with Gasteiger partial charge < -0.3 is 19.7 Å². The topological polar surface area (TPSA) is 72.3 Å². The number of carbonyl (C=O) groups excluding carboxylic acids is 1. The summed E-state index contributed by atoms with van der Waals surface area (Å²) in [5, 5.41) is 9.01. The van der Waals surface area contributed by atoms with Gasteiger partial charge in [0.15, 0.2) is 5.82 Å². The molecule has 124 valence electrons. The molecule has 3 fully saturated rings. The van der Waals surface area contributed by atoms with Crippen molar-refractivity contribution in [1.29, 1.82) is 0 Å². The fourth-order valence-corrected chi connectivity index (χ4v) is 4.47. The second kappa shape index (κ2) is 7.27. The van der Waals surface area contributed by atoms with E-state index in [1.165, 1.54) is 13.3 Å². The number of aldehydes is 1. The Morgan fingerprint density at radius 2 is 2.13 bits per heavy atom. The molecule has 0 amide bonds. The molecule has 3 unspecified atom stereocenters. The van der Waals surface area contributed by atoms with Crippen molar-refractivity contribution < 1.29 is 9.53 Å². The Balaban J connectivity index is 0.000000485. The molecule has 0 aromatic carbocycles. The number of carbonyl (C=O) groups is 1. The minimum atomic E-state index is 0.389. The molecular formula is C14H19IN5O2P. The number of nitrogens with one attached hydrogen (secondary N) is 1. The summed E-state index contributed by atoms with van der Waals surface area (Å²) in [6.45, 7) is 3.33. The van der Waals surface area contributed by atoms with E-state index in [0.29, 0.717) is 18.6 Å². The fraction of sp³-hybridized carbons (Fsp3) is 0.500. The van der Waals surface area contributed by atoms with Crippen LogP contribution in [0.1, 0.15) is 13.3 Å². The van der Waals surface area contributed by atoms with Crippen molar-refractivity contribution in [2.45, 2.75) is 25.6 Å². The van der Waals surface area contributed by atoms with Gasteiger partial charge in [0, 0.05) is 38.8 Å². The third-order valence-electron chi connectivity index (χ3n) is 3.94. The summed E-state index contributed by atoms with van der Waals surface area (Å²) in [4.78, 5) is 15.6. The first-order valence-corrected chi connectivity index (χ1v) is 11.5. The maximum Gasteiger partial charge on any atom is 0.160 e. The molecule has 5 heterocycles. The summed E-state index contributed by atoms with van der Waals surface area (Å²) in [7, 11) is 1.89. The van der Waals surface area contributed by atoms with Crippen molar-refractivity contribution in [2.24, 2.45) is 0 Å². The van der Waals surface area contributed by atoms with Crippen LogP contribution in [0.5, 0.6) is 0 Å². The first kappa shape index (κ1) is 16.9. The van der Waals surface area contributed by atoms with Crippen molar-refractivity contribution in [2.75, 3.05) is 30.4 Å². The van der Waals surface area contributed by atoms with Crippen molar-refractivity contribution in [3.05, 3.63) is 12.3 Å². The standard InChI is InChI=1S/C12H15IN5OP.C2H4O/c1-14-11-3-10-9(4-15-11)12(16-18(10)20-13)17-5-7-2-8(6-17)19-7;1-2-3/h3-4,7-8,20H,2,5-6H2,1H3,(H,14,15);2H,1H3. The van der Waals surface area contributed by atoms with Gasteiger partial charge in [-0.2, -0.15) is 0 Å². The quantitative estimate of drug-likeness (QED) is 0.443. The Bertz CT molecular complexity index is 694. The molecule has 3 saturated heterocycles. The number of fused-ring (bicyclic) bond motifs is 3. The van der Waals surface area contributed by atoms with Crippen LogP contribution in [-0.2, 0) is 9.53 Å². The summed E-state index contributed by atoms with van der Waals surface area (Å²) >= 11 is 2.37. The van der Waals surface area contributed by atoms with Gasteiger partial charge >= 0.3 is 0 Å². The minimum Gasteiger partial charge on any atom is -0.373 e. The second-order valence-electron chi connectivity index (χ2n) is 5.41. The number of anilines is 2. The first-order chi connectivity index (χ1) is 11.2. The predicted octanol–water partition coefficient (Wildman–Crippen LogP) is 2.45. The van der Waals surface area contributed by atoms with Gasteiger partial charge in [-0.3, -0.25) is 0 Å². The average molecular weight is 447 g/mol. The number of nitrogens with zero attached hydrogens (tertiary/aromatic N) is 4. The number of morpholine rings is 1. The number of piperidine rings is 1. The van der Waals surface area contributed by atoms with Gasteiger partial charge in [0.05, 0.1) is 29.5 Å². The highest BCUT2D eigenvalue weighted by Gasteiger charge is 2.39.